The average Bonchev–Trinajstić information content (AvgIpc) is 2.53. The molecule has 0 saturated heterocycles. The van der Waals surface area contributed by atoms with Crippen LogP contribution in [0.3, 0.4) is 0 Å². The fourth-order valence-electron chi connectivity index (χ4n) is 2.79. The Bertz CT molecular complexity index is 802. The summed E-state index contributed by atoms with van der Waals surface area (Å²) < 4.78 is 0. The van der Waals surface area contributed by atoms with Gasteiger partial charge in [-0.1, -0.05) is 48.0 Å². The smallest absolute Gasteiger partial charge is 0.231 e. The minimum Gasteiger partial charge on any atom is -0.369 e. The number of carbonyl (C=O) groups excluding carboxylic acids is 1. The fourth-order valence-corrected chi connectivity index (χ4v) is 3.04. The van der Waals surface area contributed by atoms with E-state index in [9.17, 15) is 4.79 Å². The van der Waals surface area contributed by atoms with E-state index in [1.165, 1.54) is 4.90 Å². The van der Waals surface area contributed by atoms with Gasteiger partial charge >= 0.3 is 0 Å². The van der Waals surface area contributed by atoms with Crippen molar-refractivity contribution in [3.63, 3.8) is 0 Å². The van der Waals surface area contributed by atoms with Gasteiger partial charge in [0.25, 0.3) is 0 Å². The summed E-state index contributed by atoms with van der Waals surface area (Å²) in [4.78, 5) is 18.1. The zero-order valence-corrected chi connectivity index (χ0v) is 13.8. The highest BCUT2D eigenvalue weighted by atomic mass is 35.5. The van der Waals surface area contributed by atoms with Crippen molar-refractivity contribution in [2.45, 2.75) is 18.9 Å². The maximum Gasteiger partial charge on any atom is 0.231 e. The van der Waals surface area contributed by atoms with E-state index in [1.54, 1.807) is 7.05 Å². The van der Waals surface area contributed by atoms with Gasteiger partial charge in [-0.05, 0) is 30.2 Å². The molecule has 0 spiro atoms. The number of nitrogens with zero attached hydrogens (tertiary/aromatic N) is 2. The summed E-state index contributed by atoms with van der Waals surface area (Å²) >= 11 is 6.29. The number of amides is 1. The van der Waals surface area contributed by atoms with Gasteiger partial charge in [-0.15, -0.1) is 0 Å². The average molecular weight is 328 g/mol. The van der Waals surface area contributed by atoms with Crippen molar-refractivity contribution in [1.82, 2.24) is 4.90 Å². The summed E-state index contributed by atoms with van der Waals surface area (Å²) in [6, 6.07) is 15.6. The molecule has 1 heterocycles. The molecule has 1 aliphatic rings. The Kier molecular flexibility index (Phi) is 3.86. The Balaban J connectivity index is 2.07. The molecule has 3 rings (SSSR count). The lowest BCUT2D eigenvalue weighted by Crippen LogP contribution is -2.47. The van der Waals surface area contributed by atoms with Crippen molar-refractivity contribution < 1.29 is 4.79 Å². The largest absolute Gasteiger partial charge is 0.369 e. The SMILES string of the molecule is CN1C(=O)CC(C)(c2cccc(-c3ccccc3Cl)c2)N=C1N. The minimum atomic E-state index is -0.662. The number of rotatable bonds is 2. The molecule has 2 N–H and O–H groups in total. The molecule has 1 atom stereocenters. The predicted molar refractivity (Wildman–Crippen MR) is 93.2 cm³/mol. The third kappa shape index (κ3) is 2.82. The molecule has 0 fully saturated rings. The Hall–Kier alpha value is -2.33. The highest BCUT2D eigenvalue weighted by Gasteiger charge is 2.36. The van der Waals surface area contributed by atoms with Crippen molar-refractivity contribution >= 4 is 23.5 Å². The molecule has 0 bridgehead atoms. The van der Waals surface area contributed by atoms with Crippen LogP contribution in [0.2, 0.25) is 5.02 Å². The lowest BCUT2D eigenvalue weighted by atomic mass is 9.86. The molecule has 0 saturated carbocycles. The second-order valence-electron chi connectivity index (χ2n) is 5.93. The van der Waals surface area contributed by atoms with Crippen molar-refractivity contribution in [2.24, 2.45) is 10.7 Å². The Morgan fingerprint density at radius 3 is 2.65 bits per heavy atom. The first-order valence-electron chi connectivity index (χ1n) is 7.38. The van der Waals surface area contributed by atoms with Gasteiger partial charge in [0.2, 0.25) is 5.91 Å². The van der Waals surface area contributed by atoms with Crippen LogP contribution in [-0.4, -0.2) is 23.8 Å². The number of aliphatic imine (C=N–C) groups is 1. The second-order valence-corrected chi connectivity index (χ2v) is 6.34. The molecule has 2 aromatic rings. The van der Waals surface area contributed by atoms with Crippen LogP contribution in [0.25, 0.3) is 11.1 Å². The molecular formula is C18H18ClN3O. The summed E-state index contributed by atoms with van der Waals surface area (Å²) in [5.41, 5.74) is 8.12. The summed E-state index contributed by atoms with van der Waals surface area (Å²) in [6.45, 7) is 1.93. The molecule has 2 aromatic carbocycles. The van der Waals surface area contributed by atoms with Gasteiger partial charge in [0.05, 0.1) is 12.0 Å². The van der Waals surface area contributed by atoms with E-state index < -0.39 is 5.54 Å². The summed E-state index contributed by atoms with van der Waals surface area (Å²) in [7, 11) is 1.64. The quantitative estimate of drug-likeness (QED) is 0.919. The van der Waals surface area contributed by atoms with Crippen LogP contribution in [0, 0.1) is 0 Å². The van der Waals surface area contributed by atoms with Gasteiger partial charge < -0.3 is 5.73 Å². The third-order valence-corrected chi connectivity index (χ3v) is 4.57. The van der Waals surface area contributed by atoms with E-state index in [-0.39, 0.29) is 18.3 Å². The van der Waals surface area contributed by atoms with Crippen molar-refractivity contribution in [3.05, 3.63) is 59.1 Å². The normalized spacial score (nSPS) is 21.3. The third-order valence-electron chi connectivity index (χ3n) is 4.24. The van der Waals surface area contributed by atoms with E-state index in [2.05, 4.69) is 4.99 Å². The topological polar surface area (TPSA) is 58.7 Å². The van der Waals surface area contributed by atoms with E-state index in [0.717, 1.165) is 16.7 Å². The number of hydrogen-bond acceptors (Lipinski definition) is 3. The first-order chi connectivity index (χ1) is 10.9. The number of nitrogens with two attached hydrogens (primary N) is 1. The molecule has 5 heteroatoms. The molecule has 0 radical (unpaired) electrons. The predicted octanol–water partition coefficient (Wildman–Crippen LogP) is 3.40. The highest BCUT2D eigenvalue weighted by molar-refractivity contribution is 6.33. The van der Waals surface area contributed by atoms with Gasteiger partial charge in [-0.25, -0.2) is 4.99 Å². The molecular weight excluding hydrogens is 310 g/mol. The van der Waals surface area contributed by atoms with Crippen LogP contribution in [0.5, 0.6) is 0 Å². The number of guanidine groups is 1. The zero-order valence-electron chi connectivity index (χ0n) is 13.1. The molecule has 1 amide bonds. The molecule has 1 aliphatic heterocycles. The maximum absolute atomic E-state index is 12.1. The van der Waals surface area contributed by atoms with Crippen LogP contribution < -0.4 is 5.73 Å². The molecule has 0 aliphatic carbocycles. The van der Waals surface area contributed by atoms with Gasteiger partial charge in [-0.3, -0.25) is 9.69 Å². The van der Waals surface area contributed by atoms with E-state index in [4.69, 9.17) is 17.3 Å². The van der Waals surface area contributed by atoms with Crippen molar-refractivity contribution in [1.29, 1.82) is 0 Å². The zero-order chi connectivity index (χ0) is 16.6. The summed E-state index contributed by atoms with van der Waals surface area (Å²) in [5.74, 6) is 0.204. The summed E-state index contributed by atoms with van der Waals surface area (Å²) in [5, 5.41) is 0.692. The van der Waals surface area contributed by atoms with Crippen LogP contribution in [0.15, 0.2) is 53.5 Å². The number of benzene rings is 2. The van der Waals surface area contributed by atoms with Gasteiger partial charge in [0, 0.05) is 17.6 Å². The minimum absolute atomic E-state index is 0.0388. The molecule has 23 heavy (non-hydrogen) atoms. The van der Waals surface area contributed by atoms with Crippen molar-refractivity contribution in [2.75, 3.05) is 7.05 Å². The fraction of sp³-hybridized carbons (Fsp3) is 0.222. The van der Waals surface area contributed by atoms with Crippen molar-refractivity contribution in [3.8, 4) is 11.1 Å². The number of carbonyl (C=O) groups is 1. The molecule has 4 nitrogen and oxygen atoms in total. The Morgan fingerprint density at radius 1 is 1.22 bits per heavy atom. The number of halogens is 1. The van der Waals surface area contributed by atoms with Gasteiger partial charge in [0.15, 0.2) is 5.96 Å². The standard InChI is InChI=1S/C18H18ClN3O/c1-18(11-16(23)22(2)17(20)21-18)13-7-5-6-12(10-13)14-8-3-4-9-15(14)19/h3-10H,11H2,1-2H3,(H2,20,21). The second kappa shape index (κ2) is 5.70. The lowest BCUT2D eigenvalue weighted by Gasteiger charge is -2.33. The first-order valence-corrected chi connectivity index (χ1v) is 7.76. The Labute approximate surface area is 140 Å². The Morgan fingerprint density at radius 2 is 1.96 bits per heavy atom. The van der Waals surface area contributed by atoms with E-state index in [0.29, 0.717) is 5.02 Å². The summed E-state index contributed by atoms with van der Waals surface area (Å²) in [6.07, 6.45) is 0.288. The number of hydrogen-bond donors (Lipinski definition) is 1. The maximum atomic E-state index is 12.1. The van der Waals surface area contributed by atoms with Gasteiger partial charge in [-0.2, -0.15) is 0 Å². The lowest BCUT2D eigenvalue weighted by molar-refractivity contribution is -0.128. The molecule has 118 valence electrons. The molecule has 1 unspecified atom stereocenters. The van der Waals surface area contributed by atoms with E-state index >= 15 is 0 Å². The van der Waals surface area contributed by atoms with Crippen LogP contribution in [0.1, 0.15) is 18.9 Å². The highest BCUT2D eigenvalue weighted by Crippen LogP contribution is 2.36. The monoisotopic (exact) mass is 327 g/mol. The van der Waals surface area contributed by atoms with Crippen LogP contribution >= 0.6 is 11.6 Å². The van der Waals surface area contributed by atoms with Crippen LogP contribution in [0.4, 0.5) is 0 Å². The molecule has 0 aromatic heterocycles. The first kappa shape index (κ1) is 15.6. The van der Waals surface area contributed by atoms with Gasteiger partial charge in [0.1, 0.15) is 0 Å². The van der Waals surface area contributed by atoms with E-state index in [1.807, 2.05) is 55.5 Å². The van der Waals surface area contributed by atoms with Crippen LogP contribution in [-0.2, 0) is 10.3 Å².